The minimum atomic E-state index is -1.01. The van der Waals surface area contributed by atoms with Gasteiger partial charge in [-0.3, -0.25) is 39.4 Å². The lowest BCUT2D eigenvalue weighted by Gasteiger charge is -2.42. The van der Waals surface area contributed by atoms with Crippen molar-refractivity contribution < 1.29 is 38.9 Å². The van der Waals surface area contributed by atoms with Gasteiger partial charge in [0, 0.05) is 54.4 Å². The Balaban J connectivity index is 1.49. The maximum atomic E-state index is 14.3. The zero-order chi connectivity index (χ0) is 33.9. The Morgan fingerprint density at radius 2 is 1.66 bits per heavy atom. The number of anilines is 2. The predicted octanol–water partition coefficient (Wildman–Crippen LogP) is 3.57. The third-order valence-electron chi connectivity index (χ3n) is 9.30. The SMILES string of the molecule is CC1=CC(=O)C2=C(C1=O)C(c1ccccc1OCCO)C1=CCC3C(=O)N(c4cc([N+](=O)[O-])c(N(C)C)c([N+](=O)[O-])c4)C(=O)C3C1C2. The molecule has 242 valence electrons. The number of rotatable bonds is 8. The Labute approximate surface area is 267 Å². The molecule has 14 heteroatoms. The smallest absolute Gasteiger partial charge is 0.301 e. The summed E-state index contributed by atoms with van der Waals surface area (Å²) in [6.07, 6.45) is 3.16. The number of fused-ring (bicyclic) bond motifs is 3. The first-order chi connectivity index (χ1) is 22.4. The number of carbonyl (C=O) groups excluding carboxylic acids is 4. The number of nitro groups is 2. The number of carbonyl (C=O) groups is 4. The summed E-state index contributed by atoms with van der Waals surface area (Å²) in [5, 5.41) is 33.5. The van der Waals surface area contributed by atoms with Crippen LogP contribution in [0.2, 0.25) is 0 Å². The minimum Gasteiger partial charge on any atom is -0.491 e. The largest absolute Gasteiger partial charge is 0.491 e. The van der Waals surface area contributed by atoms with Crippen molar-refractivity contribution >= 4 is 46.1 Å². The molecular weight excluding hydrogens is 612 g/mol. The lowest BCUT2D eigenvalue weighted by atomic mass is 9.59. The van der Waals surface area contributed by atoms with Gasteiger partial charge in [-0.05, 0) is 37.8 Å². The number of nitro benzene ring substituents is 2. The van der Waals surface area contributed by atoms with E-state index < -0.39 is 56.7 Å². The van der Waals surface area contributed by atoms with Crippen molar-refractivity contribution in [1.82, 2.24) is 0 Å². The number of benzene rings is 2. The van der Waals surface area contributed by atoms with E-state index in [2.05, 4.69) is 0 Å². The Kier molecular flexibility index (Phi) is 7.83. The van der Waals surface area contributed by atoms with Crippen LogP contribution < -0.4 is 14.5 Å². The summed E-state index contributed by atoms with van der Waals surface area (Å²) in [4.78, 5) is 79.8. The normalized spacial score (nSPS) is 23.5. The summed E-state index contributed by atoms with van der Waals surface area (Å²) in [6, 6.07) is 8.88. The van der Waals surface area contributed by atoms with Gasteiger partial charge in [-0.25, -0.2) is 4.90 Å². The molecule has 0 saturated carbocycles. The maximum absolute atomic E-state index is 14.3. The molecule has 6 rings (SSSR count). The molecule has 0 bridgehead atoms. The summed E-state index contributed by atoms with van der Waals surface area (Å²) >= 11 is 0. The Morgan fingerprint density at radius 1 is 1.00 bits per heavy atom. The molecule has 1 saturated heterocycles. The minimum absolute atomic E-state index is 0.000423. The molecule has 0 spiro atoms. The number of imide groups is 1. The van der Waals surface area contributed by atoms with Crippen molar-refractivity contribution in [2.75, 3.05) is 37.1 Å². The Bertz CT molecular complexity index is 1860. The van der Waals surface area contributed by atoms with E-state index in [1.54, 1.807) is 31.2 Å². The molecular formula is C33H30N4O10. The highest BCUT2D eigenvalue weighted by Crippen LogP contribution is 2.57. The number of Topliss-reactive ketones (excluding diaryl/α,β-unsaturated/α-hetero) is 1. The molecule has 2 aromatic rings. The molecule has 0 aromatic heterocycles. The van der Waals surface area contributed by atoms with E-state index in [0.29, 0.717) is 16.9 Å². The number of hydrogen-bond donors (Lipinski definition) is 1. The number of aliphatic hydroxyl groups is 1. The second-order valence-corrected chi connectivity index (χ2v) is 12.1. The molecule has 1 N–H and O–H groups in total. The number of ketones is 2. The molecule has 2 aromatic carbocycles. The van der Waals surface area contributed by atoms with Crippen LogP contribution >= 0.6 is 0 Å². The topological polar surface area (TPSA) is 190 Å². The summed E-state index contributed by atoms with van der Waals surface area (Å²) < 4.78 is 5.82. The average molecular weight is 643 g/mol. The lowest BCUT2D eigenvalue weighted by molar-refractivity contribution is -0.392. The van der Waals surface area contributed by atoms with Gasteiger partial charge in [0.2, 0.25) is 11.8 Å². The monoisotopic (exact) mass is 642 g/mol. The molecule has 47 heavy (non-hydrogen) atoms. The highest BCUT2D eigenvalue weighted by molar-refractivity contribution is 6.25. The maximum Gasteiger partial charge on any atom is 0.301 e. The molecule has 2 amide bonds. The highest BCUT2D eigenvalue weighted by Gasteiger charge is 2.57. The number of ether oxygens (including phenoxy) is 1. The molecule has 14 nitrogen and oxygen atoms in total. The molecule has 1 heterocycles. The third kappa shape index (κ3) is 4.92. The Morgan fingerprint density at radius 3 is 2.28 bits per heavy atom. The van der Waals surface area contributed by atoms with E-state index in [4.69, 9.17) is 4.74 Å². The molecule has 1 aliphatic heterocycles. The van der Waals surface area contributed by atoms with Gasteiger partial charge in [0.1, 0.15) is 12.4 Å². The number of aliphatic hydroxyl groups excluding tert-OH is 1. The number of allylic oxidation sites excluding steroid dienone is 6. The van der Waals surface area contributed by atoms with Crippen molar-refractivity contribution in [3.63, 3.8) is 0 Å². The molecule has 3 aliphatic carbocycles. The number of amides is 2. The summed E-state index contributed by atoms with van der Waals surface area (Å²) in [6.45, 7) is 1.27. The van der Waals surface area contributed by atoms with E-state index in [1.165, 1.54) is 25.1 Å². The zero-order valence-electron chi connectivity index (χ0n) is 25.7. The molecule has 4 unspecified atom stereocenters. The first-order valence-corrected chi connectivity index (χ1v) is 14.9. The van der Waals surface area contributed by atoms with E-state index in [-0.39, 0.29) is 65.7 Å². The van der Waals surface area contributed by atoms with E-state index in [9.17, 15) is 44.5 Å². The predicted molar refractivity (Wildman–Crippen MR) is 167 cm³/mol. The average Bonchev–Trinajstić information content (AvgIpc) is 3.30. The standard InChI is InChI=1S/C33H30N4O10/c1-16-12-25(39)22-15-21-18(27(29(22)31(16)40)19-6-4-5-7-26(19)47-11-10-38)8-9-20-28(21)33(42)35(32(20)41)17-13-23(36(43)44)30(34(2)3)24(14-17)37(45)46/h4-8,12-14,20-21,27-28,38H,9-11,15H2,1-3H3. The van der Waals surface area contributed by atoms with Crippen LogP contribution in [-0.2, 0) is 19.2 Å². The molecule has 0 radical (unpaired) electrons. The van der Waals surface area contributed by atoms with Crippen LogP contribution in [0.3, 0.4) is 0 Å². The van der Waals surface area contributed by atoms with Crippen LogP contribution in [0.4, 0.5) is 22.7 Å². The fourth-order valence-corrected chi connectivity index (χ4v) is 7.43. The number of hydrogen-bond acceptors (Lipinski definition) is 11. The second kappa shape index (κ2) is 11.7. The van der Waals surface area contributed by atoms with E-state index in [0.717, 1.165) is 17.0 Å². The van der Waals surface area contributed by atoms with Crippen LogP contribution in [0.1, 0.15) is 31.2 Å². The van der Waals surface area contributed by atoms with Crippen LogP contribution in [0.5, 0.6) is 5.75 Å². The van der Waals surface area contributed by atoms with Gasteiger partial charge in [0.25, 0.3) is 0 Å². The zero-order valence-corrected chi connectivity index (χ0v) is 25.7. The van der Waals surface area contributed by atoms with E-state index >= 15 is 0 Å². The fraction of sp³-hybridized carbons (Fsp3) is 0.333. The van der Waals surface area contributed by atoms with Crippen LogP contribution in [0.15, 0.2) is 70.8 Å². The van der Waals surface area contributed by atoms with Gasteiger partial charge in [0.05, 0.1) is 34.0 Å². The van der Waals surface area contributed by atoms with Gasteiger partial charge in [-0.15, -0.1) is 0 Å². The van der Waals surface area contributed by atoms with Gasteiger partial charge >= 0.3 is 11.4 Å². The van der Waals surface area contributed by atoms with Crippen molar-refractivity contribution in [2.45, 2.75) is 25.7 Å². The van der Waals surface area contributed by atoms with Gasteiger partial charge in [-0.1, -0.05) is 29.8 Å². The third-order valence-corrected chi connectivity index (χ3v) is 9.30. The fourth-order valence-electron chi connectivity index (χ4n) is 7.43. The van der Waals surface area contributed by atoms with Gasteiger partial charge in [-0.2, -0.15) is 0 Å². The van der Waals surface area contributed by atoms with E-state index in [1.807, 2.05) is 6.08 Å². The summed E-state index contributed by atoms with van der Waals surface area (Å²) in [5.74, 6) is -5.10. The first kappa shape index (κ1) is 31.5. The second-order valence-electron chi connectivity index (χ2n) is 12.1. The lowest BCUT2D eigenvalue weighted by Crippen LogP contribution is -2.40. The van der Waals surface area contributed by atoms with Crippen molar-refractivity contribution in [3.05, 3.63) is 96.6 Å². The summed E-state index contributed by atoms with van der Waals surface area (Å²) in [5.41, 5.74) is 0.107. The van der Waals surface area contributed by atoms with Gasteiger partial charge in [0.15, 0.2) is 17.3 Å². The van der Waals surface area contributed by atoms with Crippen molar-refractivity contribution in [2.24, 2.45) is 17.8 Å². The quantitative estimate of drug-likeness (QED) is 0.146. The van der Waals surface area contributed by atoms with Crippen molar-refractivity contribution in [3.8, 4) is 5.75 Å². The molecule has 4 atom stereocenters. The highest BCUT2D eigenvalue weighted by atomic mass is 16.6. The summed E-state index contributed by atoms with van der Waals surface area (Å²) in [7, 11) is 2.82. The molecule has 4 aliphatic rings. The van der Waals surface area contributed by atoms with Crippen LogP contribution in [0, 0.1) is 38.0 Å². The number of nitrogens with zero attached hydrogens (tertiary/aromatic N) is 4. The first-order valence-electron chi connectivity index (χ1n) is 14.9. The van der Waals surface area contributed by atoms with Crippen molar-refractivity contribution in [1.29, 1.82) is 0 Å². The van der Waals surface area contributed by atoms with Crippen LogP contribution in [0.25, 0.3) is 0 Å². The Hall–Kier alpha value is -5.50. The van der Waals surface area contributed by atoms with Crippen LogP contribution in [-0.4, -0.2) is 65.6 Å². The molecule has 1 fully saturated rings. The number of para-hydroxylation sites is 1. The van der Waals surface area contributed by atoms with Gasteiger partial charge < -0.3 is 14.7 Å².